The maximum absolute atomic E-state index is 14.3. The van der Waals surface area contributed by atoms with Crippen molar-refractivity contribution in [3.8, 4) is 0 Å². The van der Waals surface area contributed by atoms with Crippen LogP contribution >= 0.6 is 11.3 Å². The average molecular weight is 723 g/mol. The number of nitrogens with zero attached hydrogens (tertiary/aromatic N) is 2. The van der Waals surface area contributed by atoms with Crippen molar-refractivity contribution < 1.29 is 43.4 Å². The van der Waals surface area contributed by atoms with E-state index in [1.165, 1.54) is 18.2 Å². The first-order valence-corrected chi connectivity index (χ1v) is 18.1. The molecular weight excluding hydrogens is 676 g/mol. The number of hydrogen-bond acceptors (Lipinski definition) is 12. The highest BCUT2D eigenvalue weighted by molar-refractivity contribution is 7.18. The van der Waals surface area contributed by atoms with Gasteiger partial charge in [-0.3, -0.25) is 19.7 Å². The molecule has 1 N–H and O–H groups in total. The second-order valence-corrected chi connectivity index (χ2v) is 15.7. The van der Waals surface area contributed by atoms with Crippen LogP contribution < -0.4 is 0 Å². The van der Waals surface area contributed by atoms with E-state index in [4.69, 9.17) is 18.9 Å². The standard InChI is InChI=1S/C38H46N2O10S/c1-7-10-27-34(49-36(44)47-21-24-12-8-13-26(17-24)40(45)46)22(2)11-9-16-38(6)32(50-38)19-29(25-14-15-30-28(18-25)39-23(3)51-30)48-33(42)20-31(41)37(4,5)35(27)43/h7-8,12-15,17-18,22,27,29,31-32,34,41H,1,9-11,16,19-21H2,2-6H3/t22-,27+,29-,31-,32-,34-,38+/m0/s1. The zero-order chi connectivity index (χ0) is 37.1. The highest BCUT2D eigenvalue weighted by atomic mass is 32.1. The molecule has 0 saturated carbocycles. The summed E-state index contributed by atoms with van der Waals surface area (Å²) in [7, 11) is 0. The number of benzene rings is 2. The zero-order valence-corrected chi connectivity index (χ0v) is 30.5. The van der Waals surface area contributed by atoms with Gasteiger partial charge in [-0.15, -0.1) is 17.9 Å². The molecule has 274 valence electrons. The molecular formula is C38H46N2O10S. The van der Waals surface area contributed by atoms with Crippen LogP contribution in [-0.4, -0.2) is 56.8 Å². The zero-order valence-electron chi connectivity index (χ0n) is 29.7. The lowest BCUT2D eigenvalue weighted by Crippen LogP contribution is -2.47. The number of esters is 1. The first-order chi connectivity index (χ1) is 24.1. The number of thiazole rings is 1. The number of aliphatic hydroxyl groups is 1. The SMILES string of the molecule is C=CC[C@H]1C(=O)C(C)(C)[C@@H](O)CC(=O)O[C@H](c2ccc3sc(C)nc3c2)C[C@@H]2O[C@]2(C)CCC[C@H](C)[C@@H]1OC(=O)OCc1cccc([N+](=O)[O-])c1. The number of carbonyl (C=O) groups is 3. The molecule has 2 aliphatic rings. The minimum atomic E-state index is -1.44. The van der Waals surface area contributed by atoms with Crippen molar-refractivity contribution in [3.63, 3.8) is 0 Å². The van der Waals surface area contributed by atoms with Gasteiger partial charge in [0.15, 0.2) is 0 Å². The number of aryl methyl sites for hydroxylation is 1. The van der Waals surface area contributed by atoms with Crippen LogP contribution in [-0.2, 0) is 35.1 Å². The van der Waals surface area contributed by atoms with Crippen LogP contribution in [0.4, 0.5) is 10.5 Å². The van der Waals surface area contributed by atoms with Crippen molar-refractivity contribution in [1.82, 2.24) is 4.98 Å². The average Bonchev–Trinajstić information content (AvgIpc) is 3.55. The van der Waals surface area contributed by atoms with Gasteiger partial charge in [0.05, 0.1) is 55.7 Å². The molecule has 0 spiro atoms. The Bertz CT molecular complexity index is 1790. The molecule has 2 fully saturated rings. The van der Waals surface area contributed by atoms with Crippen molar-refractivity contribution in [3.05, 3.63) is 81.4 Å². The molecule has 2 aliphatic heterocycles. The first-order valence-electron chi connectivity index (χ1n) is 17.3. The van der Waals surface area contributed by atoms with Gasteiger partial charge in [-0.2, -0.15) is 0 Å². The number of carbonyl (C=O) groups excluding carboxylic acids is 3. The summed E-state index contributed by atoms with van der Waals surface area (Å²) < 4.78 is 24.5. The lowest BCUT2D eigenvalue weighted by Gasteiger charge is -2.37. The number of aliphatic hydroxyl groups excluding tert-OH is 1. The number of ketones is 1. The molecule has 12 nitrogen and oxygen atoms in total. The van der Waals surface area contributed by atoms with E-state index in [1.54, 1.807) is 37.3 Å². The lowest BCUT2D eigenvalue weighted by molar-refractivity contribution is -0.384. The van der Waals surface area contributed by atoms with Crippen molar-refractivity contribution in [2.45, 2.75) is 110 Å². The van der Waals surface area contributed by atoms with Gasteiger partial charge >= 0.3 is 12.1 Å². The Hall–Kier alpha value is -4.20. The molecule has 2 saturated heterocycles. The number of Topliss-reactive ketones (excluding diaryl/α,β-unsaturated/α-hetero) is 1. The Morgan fingerprint density at radius 2 is 1.98 bits per heavy atom. The third kappa shape index (κ3) is 9.00. The van der Waals surface area contributed by atoms with Gasteiger partial charge < -0.3 is 24.1 Å². The minimum absolute atomic E-state index is 0.135. The van der Waals surface area contributed by atoms with Crippen molar-refractivity contribution in [2.24, 2.45) is 17.3 Å². The number of epoxide rings is 1. The summed E-state index contributed by atoms with van der Waals surface area (Å²) in [6.45, 7) is 12.5. The molecule has 0 amide bonds. The number of aromatic nitrogens is 1. The molecule has 3 heterocycles. The predicted octanol–water partition coefficient (Wildman–Crippen LogP) is 7.73. The number of cyclic esters (lactones) is 1. The number of nitro benzene ring substituents is 1. The van der Waals surface area contributed by atoms with Crippen LogP contribution in [0.25, 0.3) is 10.2 Å². The van der Waals surface area contributed by atoms with Crippen LogP contribution in [0.15, 0.2) is 55.1 Å². The van der Waals surface area contributed by atoms with E-state index in [2.05, 4.69) is 11.6 Å². The summed E-state index contributed by atoms with van der Waals surface area (Å²) >= 11 is 1.58. The molecule has 3 aromatic rings. The summed E-state index contributed by atoms with van der Waals surface area (Å²) in [6.07, 6.45) is -0.627. The van der Waals surface area contributed by atoms with E-state index < -0.39 is 64.5 Å². The fourth-order valence-corrected chi connectivity index (χ4v) is 7.74. The minimum Gasteiger partial charge on any atom is -0.457 e. The van der Waals surface area contributed by atoms with Crippen LogP contribution in [0.2, 0.25) is 0 Å². The molecule has 0 radical (unpaired) electrons. The number of allylic oxidation sites excluding steroid dienone is 1. The fraction of sp³-hybridized carbons (Fsp3) is 0.526. The van der Waals surface area contributed by atoms with Crippen LogP contribution in [0.1, 0.15) is 88.5 Å². The number of non-ortho nitro benzene ring substituents is 1. The van der Waals surface area contributed by atoms with Gasteiger partial charge in [0.25, 0.3) is 5.69 Å². The fourth-order valence-electron chi connectivity index (χ4n) is 6.93. The van der Waals surface area contributed by atoms with Gasteiger partial charge in [0.1, 0.15) is 24.6 Å². The largest absolute Gasteiger partial charge is 0.508 e. The Labute approximate surface area is 301 Å². The Kier molecular flexibility index (Phi) is 11.6. The van der Waals surface area contributed by atoms with Gasteiger partial charge in [0, 0.05) is 18.6 Å². The van der Waals surface area contributed by atoms with Gasteiger partial charge in [-0.1, -0.05) is 51.5 Å². The molecule has 7 atom stereocenters. The summed E-state index contributed by atoms with van der Waals surface area (Å²) in [5.74, 6) is -2.31. The second kappa shape index (κ2) is 15.6. The van der Waals surface area contributed by atoms with Gasteiger partial charge in [-0.05, 0) is 62.3 Å². The molecule has 0 unspecified atom stereocenters. The molecule has 51 heavy (non-hydrogen) atoms. The second-order valence-electron chi connectivity index (χ2n) is 14.4. The van der Waals surface area contributed by atoms with E-state index in [9.17, 15) is 29.6 Å². The lowest BCUT2D eigenvalue weighted by atomic mass is 9.71. The van der Waals surface area contributed by atoms with Crippen LogP contribution in [0, 0.1) is 34.3 Å². The third-order valence-electron chi connectivity index (χ3n) is 10.2. The van der Waals surface area contributed by atoms with Gasteiger partial charge in [-0.25, -0.2) is 9.78 Å². The number of fused-ring (bicyclic) bond motifs is 2. The third-order valence-corrected chi connectivity index (χ3v) is 11.2. The summed E-state index contributed by atoms with van der Waals surface area (Å²) in [6, 6.07) is 11.5. The summed E-state index contributed by atoms with van der Waals surface area (Å²) in [5.41, 5.74) is -0.0551. The monoisotopic (exact) mass is 722 g/mol. The molecule has 13 heteroatoms. The Balaban J connectivity index is 1.38. The van der Waals surface area contributed by atoms with Gasteiger partial charge in [0.2, 0.25) is 0 Å². The number of rotatable bonds is 7. The Morgan fingerprint density at radius 1 is 1.22 bits per heavy atom. The molecule has 2 aromatic carbocycles. The topological polar surface area (TPSA) is 168 Å². The number of hydrogen-bond donors (Lipinski definition) is 1. The quantitative estimate of drug-likeness (QED) is 0.0833. The number of ether oxygens (including phenoxy) is 4. The molecule has 0 bridgehead atoms. The number of nitro groups is 1. The predicted molar refractivity (Wildman–Crippen MR) is 190 cm³/mol. The van der Waals surface area contributed by atoms with Crippen molar-refractivity contribution in [2.75, 3.05) is 0 Å². The van der Waals surface area contributed by atoms with E-state index in [1.807, 2.05) is 39.0 Å². The molecule has 5 rings (SSSR count). The van der Waals surface area contributed by atoms with E-state index in [-0.39, 0.29) is 30.7 Å². The normalized spacial score (nSPS) is 28.7. The molecule has 0 aliphatic carbocycles. The maximum Gasteiger partial charge on any atom is 0.508 e. The van der Waals surface area contributed by atoms with Crippen LogP contribution in [0.3, 0.4) is 0 Å². The summed E-state index contributed by atoms with van der Waals surface area (Å²) in [4.78, 5) is 56.1. The van der Waals surface area contributed by atoms with E-state index >= 15 is 0 Å². The van der Waals surface area contributed by atoms with Crippen molar-refractivity contribution >= 4 is 45.1 Å². The maximum atomic E-state index is 14.3. The Morgan fingerprint density at radius 3 is 2.71 bits per heavy atom. The van der Waals surface area contributed by atoms with E-state index in [0.717, 1.165) is 20.8 Å². The molecule has 1 aromatic heterocycles. The highest BCUT2D eigenvalue weighted by Crippen LogP contribution is 2.47. The van der Waals surface area contributed by atoms with Crippen molar-refractivity contribution in [1.29, 1.82) is 0 Å². The van der Waals surface area contributed by atoms with E-state index in [0.29, 0.717) is 31.2 Å². The van der Waals surface area contributed by atoms with Crippen LogP contribution in [0.5, 0.6) is 0 Å². The first kappa shape index (κ1) is 38.0. The smallest absolute Gasteiger partial charge is 0.457 e. The summed E-state index contributed by atoms with van der Waals surface area (Å²) in [5, 5.41) is 23.5. The highest BCUT2D eigenvalue weighted by Gasteiger charge is 2.53.